The molecule has 1 aliphatic heterocycles. The Bertz CT molecular complexity index is 612. The summed E-state index contributed by atoms with van der Waals surface area (Å²) in [7, 11) is 0. The molecule has 0 saturated carbocycles. The lowest BCUT2D eigenvalue weighted by Crippen LogP contribution is -2.49. The number of nitrogens with zero attached hydrogens (tertiary/aromatic N) is 2. The number of carbonyl (C=O) groups excluding carboxylic acids is 1. The molecule has 2 N–H and O–H groups in total. The molecular weight excluding hydrogens is 254 g/mol. The van der Waals surface area contributed by atoms with E-state index in [9.17, 15) is 4.79 Å². The first-order valence-corrected chi connectivity index (χ1v) is 7.00. The number of rotatable bonds is 2. The van der Waals surface area contributed by atoms with Crippen LogP contribution < -0.4 is 5.73 Å². The van der Waals surface area contributed by atoms with Crippen molar-refractivity contribution in [1.82, 2.24) is 10.1 Å². The normalized spacial score (nSPS) is 23.2. The molecule has 5 heteroatoms. The largest absolute Gasteiger partial charge is 0.356 e. The molecular formula is C15H19N3O2. The predicted molar refractivity (Wildman–Crippen MR) is 76.0 cm³/mol. The van der Waals surface area contributed by atoms with Crippen LogP contribution in [-0.2, 0) is 11.2 Å². The van der Waals surface area contributed by atoms with Gasteiger partial charge in [-0.1, -0.05) is 24.2 Å². The number of benzene rings is 1. The van der Waals surface area contributed by atoms with Crippen molar-refractivity contribution >= 4 is 16.9 Å². The Hall–Kier alpha value is -1.88. The van der Waals surface area contributed by atoms with Gasteiger partial charge in [0.2, 0.25) is 5.91 Å². The van der Waals surface area contributed by atoms with Crippen molar-refractivity contribution in [3.8, 4) is 0 Å². The number of piperidine rings is 1. The highest BCUT2D eigenvalue weighted by Crippen LogP contribution is 2.20. The lowest BCUT2D eigenvalue weighted by Gasteiger charge is -2.34. The third kappa shape index (κ3) is 2.54. The molecule has 1 amide bonds. The van der Waals surface area contributed by atoms with E-state index in [-0.39, 0.29) is 18.4 Å². The fourth-order valence-corrected chi connectivity index (χ4v) is 2.92. The minimum Gasteiger partial charge on any atom is -0.356 e. The summed E-state index contributed by atoms with van der Waals surface area (Å²) in [6.07, 6.45) is 1.26. The molecule has 20 heavy (non-hydrogen) atoms. The van der Waals surface area contributed by atoms with E-state index in [0.29, 0.717) is 18.2 Å². The highest BCUT2D eigenvalue weighted by atomic mass is 16.5. The molecule has 2 heterocycles. The molecule has 2 unspecified atom stereocenters. The summed E-state index contributed by atoms with van der Waals surface area (Å²) in [5.74, 6) is 0.530. The number of likely N-dealkylation sites (tertiary alicyclic amines) is 1. The van der Waals surface area contributed by atoms with Crippen LogP contribution in [0.3, 0.4) is 0 Å². The fourth-order valence-electron chi connectivity index (χ4n) is 2.92. The van der Waals surface area contributed by atoms with Crippen LogP contribution in [0.15, 0.2) is 28.8 Å². The summed E-state index contributed by atoms with van der Waals surface area (Å²) in [5.41, 5.74) is 7.42. The number of para-hydroxylation sites is 1. The van der Waals surface area contributed by atoms with E-state index in [4.69, 9.17) is 10.3 Å². The van der Waals surface area contributed by atoms with E-state index >= 15 is 0 Å². The molecule has 1 saturated heterocycles. The summed E-state index contributed by atoms with van der Waals surface area (Å²) in [6, 6.07) is 7.68. The number of aromatic nitrogens is 1. The van der Waals surface area contributed by atoms with Gasteiger partial charge in [-0.15, -0.1) is 0 Å². The molecule has 0 spiro atoms. The van der Waals surface area contributed by atoms with Gasteiger partial charge in [0.05, 0.1) is 6.42 Å². The minimum atomic E-state index is 0.0750. The van der Waals surface area contributed by atoms with Gasteiger partial charge in [0.25, 0.3) is 0 Å². The molecule has 2 aromatic rings. The Morgan fingerprint density at radius 2 is 2.25 bits per heavy atom. The molecule has 2 atom stereocenters. The maximum atomic E-state index is 12.4. The van der Waals surface area contributed by atoms with Crippen molar-refractivity contribution in [3.05, 3.63) is 30.0 Å². The summed E-state index contributed by atoms with van der Waals surface area (Å²) in [6.45, 7) is 3.55. The number of amides is 1. The number of hydrogen-bond donors (Lipinski definition) is 1. The van der Waals surface area contributed by atoms with Crippen molar-refractivity contribution in [2.75, 3.05) is 13.1 Å². The summed E-state index contributed by atoms with van der Waals surface area (Å²) >= 11 is 0. The van der Waals surface area contributed by atoms with Crippen molar-refractivity contribution < 1.29 is 9.32 Å². The number of carbonyl (C=O) groups is 1. The van der Waals surface area contributed by atoms with Crippen LogP contribution >= 0.6 is 0 Å². The lowest BCUT2D eigenvalue weighted by molar-refractivity contribution is -0.132. The average molecular weight is 273 g/mol. The molecule has 1 aromatic heterocycles. The smallest absolute Gasteiger partial charge is 0.228 e. The monoisotopic (exact) mass is 273 g/mol. The Balaban J connectivity index is 1.75. The zero-order valence-corrected chi connectivity index (χ0v) is 11.6. The van der Waals surface area contributed by atoms with Gasteiger partial charge >= 0.3 is 0 Å². The van der Waals surface area contributed by atoms with Crippen LogP contribution in [0.2, 0.25) is 0 Å². The molecule has 106 valence electrons. The van der Waals surface area contributed by atoms with Gasteiger partial charge in [-0.05, 0) is 24.5 Å². The van der Waals surface area contributed by atoms with E-state index in [0.717, 1.165) is 23.9 Å². The number of fused-ring (bicyclic) bond motifs is 1. The van der Waals surface area contributed by atoms with Gasteiger partial charge in [0.15, 0.2) is 5.58 Å². The SMILES string of the molecule is CC1CC(N)CN(C(=O)Cc2noc3ccccc23)C1. The van der Waals surface area contributed by atoms with Gasteiger partial charge in [-0.3, -0.25) is 4.79 Å². The van der Waals surface area contributed by atoms with E-state index in [1.165, 1.54) is 0 Å². The second-order valence-corrected chi connectivity index (χ2v) is 5.70. The van der Waals surface area contributed by atoms with E-state index < -0.39 is 0 Å². The zero-order chi connectivity index (χ0) is 14.1. The highest BCUT2D eigenvalue weighted by Gasteiger charge is 2.26. The van der Waals surface area contributed by atoms with Crippen LogP contribution in [0.25, 0.3) is 11.0 Å². The second kappa shape index (κ2) is 5.25. The molecule has 1 aliphatic rings. The fraction of sp³-hybridized carbons (Fsp3) is 0.467. The quantitative estimate of drug-likeness (QED) is 0.901. The maximum Gasteiger partial charge on any atom is 0.228 e. The van der Waals surface area contributed by atoms with Gasteiger partial charge < -0.3 is 15.2 Å². The topological polar surface area (TPSA) is 72.4 Å². The third-order valence-electron chi connectivity index (χ3n) is 3.82. The standard InChI is InChI=1S/C15H19N3O2/c1-10-6-11(16)9-18(8-10)15(19)7-13-12-4-2-3-5-14(12)20-17-13/h2-5,10-11H,6-9,16H2,1H3. The van der Waals surface area contributed by atoms with Gasteiger partial charge in [-0.25, -0.2) is 0 Å². The van der Waals surface area contributed by atoms with Crippen LogP contribution in [0.5, 0.6) is 0 Å². The van der Waals surface area contributed by atoms with Crippen LogP contribution in [-0.4, -0.2) is 35.1 Å². The summed E-state index contributed by atoms with van der Waals surface area (Å²) < 4.78 is 5.23. The molecule has 5 nitrogen and oxygen atoms in total. The maximum absolute atomic E-state index is 12.4. The molecule has 0 bridgehead atoms. The Morgan fingerprint density at radius 3 is 3.05 bits per heavy atom. The van der Waals surface area contributed by atoms with E-state index in [1.54, 1.807) is 0 Å². The Morgan fingerprint density at radius 1 is 1.45 bits per heavy atom. The molecule has 1 fully saturated rings. The van der Waals surface area contributed by atoms with Gasteiger partial charge in [0.1, 0.15) is 5.69 Å². The summed E-state index contributed by atoms with van der Waals surface area (Å²) in [4.78, 5) is 14.2. The lowest BCUT2D eigenvalue weighted by atomic mass is 9.96. The van der Waals surface area contributed by atoms with Crippen LogP contribution in [0.4, 0.5) is 0 Å². The Labute approximate surface area is 117 Å². The predicted octanol–water partition coefficient (Wildman–Crippen LogP) is 1.57. The van der Waals surface area contributed by atoms with Gasteiger partial charge in [0, 0.05) is 24.5 Å². The third-order valence-corrected chi connectivity index (χ3v) is 3.82. The first-order valence-electron chi connectivity index (χ1n) is 7.00. The molecule has 3 rings (SSSR count). The molecule has 1 aromatic carbocycles. The average Bonchev–Trinajstić information content (AvgIpc) is 2.81. The number of nitrogens with two attached hydrogens (primary N) is 1. The minimum absolute atomic E-state index is 0.0750. The molecule has 0 aliphatic carbocycles. The highest BCUT2D eigenvalue weighted by molar-refractivity contribution is 5.86. The van der Waals surface area contributed by atoms with Crippen molar-refractivity contribution in [3.63, 3.8) is 0 Å². The number of hydrogen-bond acceptors (Lipinski definition) is 4. The van der Waals surface area contributed by atoms with E-state index in [1.807, 2.05) is 29.2 Å². The van der Waals surface area contributed by atoms with Crippen molar-refractivity contribution in [2.45, 2.75) is 25.8 Å². The summed E-state index contributed by atoms with van der Waals surface area (Å²) in [5, 5.41) is 4.93. The van der Waals surface area contributed by atoms with E-state index in [2.05, 4.69) is 12.1 Å². The van der Waals surface area contributed by atoms with Crippen molar-refractivity contribution in [1.29, 1.82) is 0 Å². The van der Waals surface area contributed by atoms with Crippen LogP contribution in [0.1, 0.15) is 19.0 Å². The zero-order valence-electron chi connectivity index (χ0n) is 11.6. The van der Waals surface area contributed by atoms with Crippen molar-refractivity contribution in [2.24, 2.45) is 11.7 Å². The second-order valence-electron chi connectivity index (χ2n) is 5.70. The van der Waals surface area contributed by atoms with Crippen LogP contribution in [0, 0.1) is 5.92 Å². The first kappa shape index (κ1) is 13.1. The Kier molecular flexibility index (Phi) is 3.44. The molecule has 0 radical (unpaired) electrons. The van der Waals surface area contributed by atoms with Gasteiger partial charge in [-0.2, -0.15) is 0 Å². The first-order chi connectivity index (χ1) is 9.63.